The van der Waals surface area contributed by atoms with E-state index in [0.717, 1.165) is 25.9 Å². The van der Waals surface area contributed by atoms with Crippen molar-refractivity contribution >= 4 is 17.7 Å². The van der Waals surface area contributed by atoms with Crippen LogP contribution >= 0.6 is 0 Å². The Balaban J connectivity index is 1.19. The lowest BCUT2D eigenvalue weighted by molar-refractivity contribution is 0.0642. The number of rotatable bonds is 11. The van der Waals surface area contributed by atoms with E-state index in [1.54, 1.807) is 37.5 Å². The molecule has 0 aliphatic carbocycles. The van der Waals surface area contributed by atoms with Gasteiger partial charge in [0.2, 0.25) is 0 Å². The molecule has 1 atom stereocenters. The number of methoxy groups -OCH3 is 1. The van der Waals surface area contributed by atoms with Crippen molar-refractivity contribution in [3.63, 3.8) is 0 Å². The van der Waals surface area contributed by atoms with Gasteiger partial charge in [0.1, 0.15) is 18.4 Å². The van der Waals surface area contributed by atoms with Gasteiger partial charge >= 0.3 is 0 Å². The summed E-state index contributed by atoms with van der Waals surface area (Å²) in [6.07, 6.45) is 4.48. The Morgan fingerprint density at radius 3 is 2.32 bits per heavy atom. The highest BCUT2D eigenvalue weighted by molar-refractivity contribution is 5.82. The molecule has 0 spiro atoms. The van der Waals surface area contributed by atoms with Crippen LogP contribution in [0.2, 0.25) is 0 Å². The molecule has 0 radical (unpaired) electrons. The molecule has 1 aromatic heterocycles. The van der Waals surface area contributed by atoms with Gasteiger partial charge in [-0.3, -0.25) is 4.90 Å². The van der Waals surface area contributed by atoms with E-state index in [9.17, 15) is 9.50 Å². The van der Waals surface area contributed by atoms with Crippen LogP contribution in [0.25, 0.3) is 17.7 Å². The van der Waals surface area contributed by atoms with E-state index in [4.69, 9.17) is 14.0 Å². The van der Waals surface area contributed by atoms with E-state index in [-0.39, 0.29) is 12.4 Å². The Bertz CT molecular complexity index is 1420. The largest absolute Gasteiger partial charge is 0.487 e. The summed E-state index contributed by atoms with van der Waals surface area (Å²) in [6.45, 7) is 2.47. The molecule has 2 heterocycles. The average molecular weight is 555 g/mol. The zero-order valence-electron chi connectivity index (χ0n) is 23.2. The van der Waals surface area contributed by atoms with Gasteiger partial charge in [0.05, 0.1) is 6.61 Å². The molecule has 5 rings (SSSR count). The summed E-state index contributed by atoms with van der Waals surface area (Å²) in [6, 6.07) is 27.5. The lowest BCUT2D eigenvalue weighted by atomic mass is 9.88. The first-order chi connectivity index (χ1) is 20.1. The molecule has 0 bridgehead atoms. The number of aromatic nitrogens is 1. The van der Waals surface area contributed by atoms with Crippen molar-refractivity contribution in [2.24, 2.45) is 0 Å². The van der Waals surface area contributed by atoms with E-state index in [1.807, 2.05) is 12.1 Å². The number of nitrogens with zero attached hydrogens (tertiary/aromatic N) is 2. The average Bonchev–Trinajstić information content (AvgIpc) is 3.45. The molecule has 4 aromatic rings. The number of hydrogen-bond acceptors (Lipinski definition) is 6. The monoisotopic (exact) mass is 554 g/mol. The molecular weight excluding hydrogens is 519 g/mol. The fraction of sp³-hybridized carbons (Fsp3) is 0.265. The number of aliphatic hydroxyl groups excluding tert-OH is 1. The number of β-amino-alcohol motifs (C(OH)–C–C–N with tert-alkyl or cyclic N) is 1. The molecule has 1 unspecified atom stereocenters. The first kappa shape index (κ1) is 28.5. The van der Waals surface area contributed by atoms with Crippen LogP contribution < -0.4 is 4.74 Å². The molecule has 0 amide bonds. The summed E-state index contributed by atoms with van der Waals surface area (Å²) in [5.41, 5.74) is 6.39. The molecule has 1 aliphatic rings. The van der Waals surface area contributed by atoms with Gasteiger partial charge in [-0.1, -0.05) is 83.5 Å². The maximum Gasteiger partial charge on any atom is 0.165 e. The second-order valence-corrected chi connectivity index (χ2v) is 10.1. The van der Waals surface area contributed by atoms with Crippen LogP contribution in [0.15, 0.2) is 95.0 Å². The zero-order valence-corrected chi connectivity index (χ0v) is 23.2. The van der Waals surface area contributed by atoms with Crippen LogP contribution in [-0.2, 0) is 11.3 Å². The topological polar surface area (TPSA) is 68.0 Å². The van der Waals surface area contributed by atoms with Crippen LogP contribution in [-0.4, -0.2) is 54.6 Å². The summed E-state index contributed by atoms with van der Waals surface area (Å²) >= 11 is 0. The second kappa shape index (κ2) is 14.0. The van der Waals surface area contributed by atoms with Gasteiger partial charge in [0, 0.05) is 38.4 Å². The summed E-state index contributed by atoms with van der Waals surface area (Å²) in [4.78, 5) is 2.24. The Kier molecular flexibility index (Phi) is 9.75. The molecule has 6 nitrogen and oxygen atoms in total. The van der Waals surface area contributed by atoms with Gasteiger partial charge in [-0.15, -0.1) is 0 Å². The van der Waals surface area contributed by atoms with Gasteiger partial charge < -0.3 is 19.1 Å². The number of hydrogen-bond donors (Lipinski definition) is 1. The summed E-state index contributed by atoms with van der Waals surface area (Å²) in [7, 11) is 1.59. The van der Waals surface area contributed by atoms with Crippen molar-refractivity contribution in [3.05, 3.63) is 124 Å². The third kappa shape index (κ3) is 7.58. The number of para-hydroxylation sites is 1. The Morgan fingerprint density at radius 1 is 0.976 bits per heavy atom. The van der Waals surface area contributed by atoms with Gasteiger partial charge in [-0.2, -0.15) is 0 Å². The third-order valence-electron chi connectivity index (χ3n) is 7.12. The fourth-order valence-electron chi connectivity index (χ4n) is 5.17. The first-order valence-electron chi connectivity index (χ1n) is 13.9. The van der Waals surface area contributed by atoms with Gasteiger partial charge in [0.25, 0.3) is 0 Å². The van der Waals surface area contributed by atoms with E-state index < -0.39 is 11.9 Å². The predicted molar refractivity (Wildman–Crippen MR) is 159 cm³/mol. The summed E-state index contributed by atoms with van der Waals surface area (Å²) in [5.74, 6) is 0.131. The molecule has 1 fully saturated rings. The fourth-order valence-corrected chi connectivity index (χ4v) is 5.17. The number of likely N-dealkylation sites (tertiary alicyclic amines) is 1. The van der Waals surface area contributed by atoms with E-state index in [1.165, 1.54) is 28.3 Å². The van der Waals surface area contributed by atoms with Crippen molar-refractivity contribution in [3.8, 4) is 5.75 Å². The number of halogens is 1. The van der Waals surface area contributed by atoms with Gasteiger partial charge in [-0.05, 0) is 47.8 Å². The first-order valence-corrected chi connectivity index (χ1v) is 13.9. The van der Waals surface area contributed by atoms with Crippen molar-refractivity contribution < 1.29 is 23.5 Å². The molecule has 1 saturated heterocycles. The molecular formula is C34H35FN2O4. The van der Waals surface area contributed by atoms with Gasteiger partial charge in [-0.25, -0.2) is 4.39 Å². The zero-order chi connectivity index (χ0) is 28.4. The molecule has 41 heavy (non-hydrogen) atoms. The van der Waals surface area contributed by atoms with Crippen LogP contribution in [0.1, 0.15) is 41.0 Å². The van der Waals surface area contributed by atoms with Crippen LogP contribution in [0.3, 0.4) is 0 Å². The SMILES string of the molecule is COCc1cc(C=Cc2cccc(F)c2OCC(O)CN2CCC(=C(c3ccccc3)c3ccccc3)CC2)on1. The molecule has 1 N–H and O–H groups in total. The summed E-state index contributed by atoms with van der Waals surface area (Å²) in [5, 5.41) is 14.7. The molecule has 0 saturated carbocycles. The van der Waals surface area contributed by atoms with Crippen LogP contribution in [0.5, 0.6) is 5.75 Å². The van der Waals surface area contributed by atoms with Crippen molar-refractivity contribution in [2.75, 3.05) is 33.4 Å². The standard InChI is InChI=1S/C34H35FN2O4/c1-39-23-29-21-31(41-36-29)16-15-28-13-8-14-32(35)34(28)40-24-30(38)22-37-19-17-27(18-20-37)33(25-9-4-2-5-10-25)26-11-6-3-7-12-26/h2-16,21,30,38H,17-20,22-24H2,1H3. The number of benzene rings is 3. The number of ether oxygens (including phenoxy) is 2. The second-order valence-electron chi connectivity index (χ2n) is 10.1. The lowest BCUT2D eigenvalue weighted by Gasteiger charge is -2.31. The molecule has 1 aliphatic heterocycles. The maximum absolute atomic E-state index is 14.7. The lowest BCUT2D eigenvalue weighted by Crippen LogP contribution is -2.39. The smallest absolute Gasteiger partial charge is 0.165 e. The van der Waals surface area contributed by atoms with E-state index in [0.29, 0.717) is 30.2 Å². The van der Waals surface area contributed by atoms with E-state index >= 15 is 0 Å². The highest BCUT2D eigenvalue weighted by atomic mass is 19.1. The van der Waals surface area contributed by atoms with Crippen molar-refractivity contribution in [2.45, 2.75) is 25.6 Å². The number of piperidine rings is 1. The Labute approximate surface area is 240 Å². The Hall–Kier alpha value is -4.04. The maximum atomic E-state index is 14.7. The third-order valence-corrected chi connectivity index (χ3v) is 7.12. The van der Waals surface area contributed by atoms with Crippen molar-refractivity contribution in [1.29, 1.82) is 0 Å². The molecule has 212 valence electrons. The van der Waals surface area contributed by atoms with Crippen LogP contribution in [0.4, 0.5) is 4.39 Å². The summed E-state index contributed by atoms with van der Waals surface area (Å²) < 4.78 is 30.8. The quantitative estimate of drug-likeness (QED) is 0.229. The normalized spacial score (nSPS) is 14.9. The minimum atomic E-state index is -0.759. The van der Waals surface area contributed by atoms with Crippen LogP contribution in [0, 0.1) is 5.82 Å². The van der Waals surface area contributed by atoms with Crippen molar-refractivity contribution in [1.82, 2.24) is 10.1 Å². The highest BCUT2D eigenvalue weighted by Gasteiger charge is 2.21. The van der Waals surface area contributed by atoms with Gasteiger partial charge in [0.15, 0.2) is 17.3 Å². The minimum absolute atomic E-state index is 0.0133. The molecule has 7 heteroatoms. The Morgan fingerprint density at radius 2 is 1.66 bits per heavy atom. The molecule has 3 aromatic carbocycles. The predicted octanol–water partition coefficient (Wildman–Crippen LogP) is 6.47. The number of aliphatic hydroxyl groups is 1. The van der Waals surface area contributed by atoms with E-state index in [2.05, 4.69) is 58.6 Å². The highest BCUT2D eigenvalue weighted by Crippen LogP contribution is 2.32. The minimum Gasteiger partial charge on any atom is -0.487 e.